The average molecular weight is 282 g/mol. The molecule has 3 nitrogen and oxygen atoms in total. The Labute approximate surface area is 114 Å². The summed E-state index contributed by atoms with van der Waals surface area (Å²) in [7, 11) is 1.32. The third-order valence-electron chi connectivity index (χ3n) is 2.42. The molecule has 0 amide bonds. The highest BCUT2D eigenvalue weighted by atomic mass is 35.5. The van der Waals surface area contributed by atoms with Crippen molar-refractivity contribution < 1.29 is 9.53 Å². The summed E-state index contributed by atoms with van der Waals surface area (Å²) in [5.74, 6) is -0.489. The lowest BCUT2D eigenvalue weighted by Crippen LogP contribution is -2.06. The summed E-state index contributed by atoms with van der Waals surface area (Å²) in [6.45, 7) is 0. The number of esters is 1. The number of nitrogens with zero attached hydrogens (tertiary/aromatic N) is 1. The van der Waals surface area contributed by atoms with E-state index < -0.39 is 5.97 Å². The van der Waals surface area contributed by atoms with Crippen LogP contribution in [-0.4, -0.2) is 18.1 Å². The van der Waals surface area contributed by atoms with Crippen LogP contribution in [0.5, 0.6) is 0 Å². The molecule has 1 heterocycles. The molecule has 0 radical (unpaired) electrons. The van der Waals surface area contributed by atoms with Crippen molar-refractivity contribution >= 4 is 29.2 Å². The van der Waals surface area contributed by atoms with Gasteiger partial charge in [-0.2, -0.15) is 0 Å². The largest absolute Gasteiger partial charge is 0.464 e. The molecule has 0 saturated carbocycles. The molecule has 0 spiro atoms. The topological polar surface area (TPSA) is 39.2 Å². The highest BCUT2D eigenvalue weighted by Crippen LogP contribution is 2.29. The molecular formula is C13H9Cl2NO2. The molecule has 0 aliphatic heterocycles. The number of halogens is 2. The zero-order chi connectivity index (χ0) is 13.1. The summed E-state index contributed by atoms with van der Waals surface area (Å²) < 4.78 is 4.69. The lowest BCUT2D eigenvalue weighted by Gasteiger charge is -2.07. The molecule has 0 aliphatic carbocycles. The minimum atomic E-state index is -0.489. The second-order valence-corrected chi connectivity index (χ2v) is 4.33. The Hall–Kier alpha value is -1.58. The number of methoxy groups -OCH3 is 1. The molecule has 1 aromatic carbocycles. The van der Waals surface area contributed by atoms with E-state index in [0.717, 1.165) is 5.56 Å². The summed E-state index contributed by atoms with van der Waals surface area (Å²) in [6.07, 6.45) is 1.53. The highest BCUT2D eigenvalue weighted by Gasteiger charge is 2.14. The maximum absolute atomic E-state index is 11.6. The number of ether oxygens (including phenoxy) is 1. The van der Waals surface area contributed by atoms with Crippen molar-refractivity contribution in [2.45, 2.75) is 0 Å². The Bertz CT molecular complexity index is 599. The van der Waals surface area contributed by atoms with Crippen molar-refractivity contribution in [3.05, 3.63) is 52.3 Å². The molecule has 2 aromatic rings. The number of benzene rings is 1. The van der Waals surface area contributed by atoms with E-state index in [4.69, 9.17) is 27.9 Å². The van der Waals surface area contributed by atoms with Crippen molar-refractivity contribution in [3.63, 3.8) is 0 Å². The van der Waals surface area contributed by atoms with Crippen LogP contribution >= 0.6 is 23.2 Å². The summed E-state index contributed by atoms with van der Waals surface area (Å²) in [5.41, 5.74) is 1.67. The van der Waals surface area contributed by atoms with E-state index in [0.29, 0.717) is 15.6 Å². The van der Waals surface area contributed by atoms with Crippen LogP contribution in [0.25, 0.3) is 11.1 Å². The number of carbonyl (C=O) groups excluding carboxylic acids is 1. The lowest BCUT2D eigenvalue weighted by molar-refractivity contribution is 0.0595. The van der Waals surface area contributed by atoms with Gasteiger partial charge in [0.15, 0.2) is 5.69 Å². The van der Waals surface area contributed by atoms with Gasteiger partial charge in [-0.3, -0.25) is 0 Å². The van der Waals surface area contributed by atoms with Crippen LogP contribution in [0.1, 0.15) is 10.5 Å². The zero-order valence-electron chi connectivity index (χ0n) is 9.48. The van der Waals surface area contributed by atoms with Crippen molar-refractivity contribution in [1.29, 1.82) is 0 Å². The Kier molecular flexibility index (Phi) is 3.84. The molecule has 5 heteroatoms. The van der Waals surface area contributed by atoms with E-state index in [9.17, 15) is 4.79 Å². The van der Waals surface area contributed by atoms with Crippen LogP contribution in [0.2, 0.25) is 10.0 Å². The van der Waals surface area contributed by atoms with Crippen LogP contribution in [0.3, 0.4) is 0 Å². The fourth-order valence-corrected chi connectivity index (χ4v) is 1.86. The average Bonchev–Trinajstić information content (AvgIpc) is 2.41. The monoisotopic (exact) mass is 281 g/mol. The van der Waals surface area contributed by atoms with Gasteiger partial charge in [-0.05, 0) is 23.8 Å². The Morgan fingerprint density at radius 2 is 2.00 bits per heavy atom. The molecule has 2 rings (SSSR count). The van der Waals surface area contributed by atoms with Crippen molar-refractivity contribution in [1.82, 2.24) is 4.98 Å². The van der Waals surface area contributed by atoms with Gasteiger partial charge in [-0.15, -0.1) is 0 Å². The van der Waals surface area contributed by atoms with Crippen molar-refractivity contribution in [2.75, 3.05) is 7.11 Å². The maximum atomic E-state index is 11.6. The first-order chi connectivity index (χ1) is 8.63. The number of hydrogen-bond acceptors (Lipinski definition) is 3. The highest BCUT2D eigenvalue weighted by molar-refractivity contribution is 6.42. The molecule has 1 aromatic heterocycles. The lowest BCUT2D eigenvalue weighted by atomic mass is 10.0. The van der Waals surface area contributed by atoms with Crippen LogP contribution < -0.4 is 0 Å². The summed E-state index contributed by atoms with van der Waals surface area (Å²) >= 11 is 11.8. The van der Waals surface area contributed by atoms with E-state index >= 15 is 0 Å². The Morgan fingerprint density at radius 3 is 2.67 bits per heavy atom. The molecule has 0 atom stereocenters. The first kappa shape index (κ1) is 12.9. The summed E-state index contributed by atoms with van der Waals surface area (Å²) in [6, 6.07) is 8.65. The normalized spacial score (nSPS) is 10.2. The number of carbonyl (C=O) groups is 1. The number of hydrogen-bond donors (Lipinski definition) is 0. The van der Waals surface area contributed by atoms with Gasteiger partial charge in [0.2, 0.25) is 0 Å². The third kappa shape index (κ3) is 2.47. The molecular weight excluding hydrogens is 273 g/mol. The minimum absolute atomic E-state index is 0.249. The first-order valence-electron chi connectivity index (χ1n) is 5.12. The molecule has 0 N–H and O–H groups in total. The molecule has 0 bridgehead atoms. The molecule has 0 unspecified atom stereocenters. The minimum Gasteiger partial charge on any atom is -0.464 e. The van der Waals surface area contributed by atoms with E-state index in [-0.39, 0.29) is 5.69 Å². The standard InChI is InChI=1S/C13H9Cl2NO2/c1-18-13(17)12-9(3-2-6-16-12)8-4-5-10(14)11(15)7-8/h2-7H,1H3. The maximum Gasteiger partial charge on any atom is 0.357 e. The van der Waals surface area contributed by atoms with Gasteiger partial charge in [0.25, 0.3) is 0 Å². The molecule has 92 valence electrons. The second-order valence-electron chi connectivity index (χ2n) is 3.52. The van der Waals surface area contributed by atoms with E-state index in [1.165, 1.54) is 13.3 Å². The number of aromatic nitrogens is 1. The molecule has 18 heavy (non-hydrogen) atoms. The van der Waals surface area contributed by atoms with Gasteiger partial charge in [-0.1, -0.05) is 35.3 Å². The SMILES string of the molecule is COC(=O)c1ncccc1-c1ccc(Cl)c(Cl)c1. The fourth-order valence-electron chi connectivity index (χ4n) is 1.56. The van der Waals surface area contributed by atoms with Gasteiger partial charge in [0.05, 0.1) is 17.2 Å². The van der Waals surface area contributed by atoms with E-state index in [2.05, 4.69) is 4.98 Å². The smallest absolute Gasteiger partial charge is 0.357 e. The summed E-state index contributed by atoms with van der Waals surface area (Å²) in [5, 5.41) is 0.887. The first-order valence-corrected chi connectivity index (χ1v) is 5.88. The van der Waals surface area contributed by atoms with Crippen LogP contribution in [0.4, 0.5) is 0 Å². The number of rotatable bonds is 2. The van der Waals surface area contributed by atoms with E-state index in [1.54, 1.807) is 30.3 Å². The quantitative estimate of drug-likeness (QED) is 0.785. The van der Waals surface area contributed by atoms with E-state index in [1.807, 2.05) is 0 Å². The summed E-state index contributed by atoms with van der Waals surface area (Å²) in [4.78, 5) is 15.6. The Balaban J connectivity index is 2.56. The van der Waals surface area contributed by atoms with Gasteiger partial charge < -0.3 is 4.74 Å². The van der Waals surface area contributed by atoms with Crippen molar-refractivity contribution in [2.24, 2.45) is 0 Å². The predicted molar refractivity (Wildman–Crippen MR) is 71.0 cm³/mol. The fraction of sp³-hybridized carbons (Fsp3) is 0.0769. The predicted octanol–water partition coefficient (Wildman–Crippen LogP) is 3.84. The van der Waals surface area contributed by atoms with Gasteiger partial charge in [0, 0.05) is 11.8 Å². The van der Waals surface area contributed by atoms with Crippen LogP contribution in [-0.2, 0) is 4.74 Å². The van der Waals surface area contributed by atoms with Gasteiger partial charge in [-0.25, -0.2) is 9.78 Å². The van der Waals surface area contributed by atoms with Crippen LogP contribution in [0.15, 0.2) is 36.5 Å². The Morgan fingerprint density at radius 1 is 1.22 bits per heavy atom. The van der Waals surface area contributed by atoms with Crippen molar-refractivity contribution in [3.8, 4) is 11.1 Å². The second kappa shape index (κ2) is 5.38. The van der Waals surface area contributed by atoms with Gasteiger partial charge >= 0.3 is 5.97 Å². The molecule has 0 saturated heterocycles. The van der Waals surface area contributed by atoms with Gasteiger partial charge in [0.1, 0.15) is 0 Å². The molecule has 0 aliphatic rings. The molecule has 0 fully saturated rings. The number of pyridine rings is 1. The third-order valence-corrected chi connectivity index (χ3v) is 3.16. The zero-order valence-corrected chi connectivity index (χ0v) is 11.0. The van der Waals surface area contributed by atoms with Crippen LogP contribution in [0, 0.1) is 0 Å².